The lowest BCUT2D eigenvalue weighted by atomic mass is 10.2. The Morgan fingerprint density at radius 1 is 1.38 bits per heavy atom. The van der Waals surface area contributed by atoms with Crippen LogP contribution in [0.1, 0.15) is 16.8 Å². The summed E-state index contributed by atoms with van der Waals surface area (Å²) in [5.74, 6) is -3.87. The van der Waals surface area contributed by atoms with Crippen molar-refractivity contribution < 1.29 is 24.6 Å². The molecule has 2 aromatic heterocycles. The highest BCUT2D eigenvalue weighted by Gasteiger charge is 2.25. The predicted octanol–water partition coefficient (Wildman–Crippen LogP) is -0.586. The van der Waals surface area contributed by atoms with Gasteiger partial charge in [-0.3, -0.25) is 18.8 Å². The molecule has 1 atom stereocenters. The number of nitrogens with zero attached hydrogens (tertiary/aromatic N) is 2. The Morgan fingerprint density at radius 2 is 2.10 bits per heavy atom. The van der Waals surface area contributed by atoms with Gasteiger partial charge in [-0.15, -0.1) is 11.3 Å². The first-order valence-corrected chi connectivity index (χ1v) is 6.48. The summed E-state index contributed by atoms with van der Waals surface area (Å²) in [7, 11) is 0. The molecule has 0 unspecified atom stereocenters. The van der Waals surface area contributed by atoms with E-state index in [0.29, 0.717) is 4.96 Å². The summed E-state index contributed by atoms with van der Waals surface area (Å²) < 4.78 is 1.15. The molecule has 0 aliphatic rings. The number of fused-ring (bicyclic) bond motifs is 1. The molecule has 110 valence electrons. The van der Waals surface area contributed by atoms with Gasteiger partial charge in [-0.1, -0.05) is 0 Å². The molecule has 0 saturated carbocycles. The zero-order chi connectivity index (χ0) is 15.6. The first kappa shape index (κ1) is 14.7. The van der Waals surface area contributed by atoms with Crippen LogP contribution in [0.15, 0.2) is 22.6 Å². The molecule has 9 nitrogen and oxygen atoms in total. The van der Waals surface area contributed by atoms with Crippen LogP contribution in [0.25, 0.3) is 4.96 Å². The second kappa shape index (κ2) is 5.71. The average molecular weight is 311 g/mol. The Hall–Kier alpha value is -2.75. The molecule has 0 spiro atoms. The van der Waals surface area contributed by atoms with Crippen LogP contribution in [0.2, 0.25) is 0 Å². The van der Waals surface area contributed by atoms with Crippen LogP contribution in [0.3, 0.4) is 0 Å². The summed E-state index contributed by atoms with van der Waals surface area (Å²) in [4.78, 5) is 49.6. The van der Waals surface area contributed by atoms with Crippen LogP contribution in [0.5, 0.6) is 0 Å². The second-order valence-corrected chi connectivity index (χ2v) is 4.87. The molecule has 21 heavy (non-hydrogen) atoms. The predicted molar refractivity (Wildman–Crippen MR) is 70.5 cm³/mol. The molecule has 0 aliphatic carbocycles. The van der Waals surface area contributed by atoms with E-state index in [1.165, 1.54) is 17.5 Å². The fourth-order valence-electron chi connectivity index (χ4n) is 1.59. The number of hydrogen-bond donors (Lipinski definition) is 3. The van der Waals surface area contributed by atoms with Crippen LogP contribution < -0.4 is 10.9 Å². The average Bonchev–Trinajstić information content (AvgIpc) is 2.86. The summed E-state index contributed by atoms with van der Waals surface area (Å²) in [5, 5.41) is 21.0. The number of rotatable bonds is 5. The number of thiazole rings is 1. The summed E-state index contributed by atoms with van der Waals surface area (Å²) in [6, 6.07) is -1.63. The normalized spacial score (nSPS) is 12.0. The minimum Gasteiger partial charge on any atom is -0.481 e. The van der Waals surface area contributed by atoms with E-state index in [2.05, 4.69) is 4.98 Å². The maximum absolute atomic E-state index is 12.0. The lowest BCUT2D eigenvalue weighted by Gasteiger charge is -2.11. The maximum Gasteiger partial charge on any atom is 0.326 e. The summed E-state index contributed by atoms with van der Waals surface area (Å²) in [5.41, 5.74) is -1.01. The first-order chi connectivity index (χ1) is 9.90. The summed E-state index contributed by atoms with van der Waals surface area (Å²) in [6.07, 6.45) is 1.66. The first-order valence-electron chi connectivity index (χ1n) is 5.60. The van der Waals surface area contributed by atoms with E-state index in [0.717, 1.165) is 10.6 Å². The number of aliphatic carboxylic acids is 2. The molecule has 0 bridgehead atoms. The van der Waals surface area contributed by atoms with Gasteiger partial charge in [0.15, 0.2) is 4.96 Å². The number of carboxylic acids is 2. The third-order valence-corrected chi connectivity index (χ3v) is 3.34. The zero-order valence-corrected chi connectivity index (χ0v) is 11.2. The van der Waals surface area contributed by atoms with Gasteiger partial charge in [0.1, 0.15) is 11.6 Å². The van der Waals surface area contributed by atoms with Crippen molar-refractivity contribution in [1.29, 1.82) is 0 Å². The van der Waals surface area contributed by atoms with Gasteiger partial charge in [0.25, 0.3) is 11.5 Å². The van der Waals surface area contributed by atoms with Gasteiger partial charge in [0.05, 0.1) is 6.42 Å². The number of carbonyl (C=O) groups excluding carboxylic acids is 1. The molecule has 0 aromatic carbocycles. The third-order valence-electron chi connectivity index (χ3n) is 2.57. The van der Waals surface area contributed by atoms with Gasteiger partial charge in [0, 0.05) is 17.8 Å². The van der Waals surface area contributed by atoms with E-state index in [-0.39, 0.29) is 5.56 Å². The minimum absolute atomic E-state index is 0.359. The molecule has 0 radical (unpaired) electrons. The van der Waals surface area contributed by atoms with Crippen molar-refractivity contribution in [2.75, 3.05) is 0 Å². The number of nitrogens with one attached hydrogen (secondary N) is 1. The standard InChI is InChI=1S/C11H9N3O6S/c15-7(16)3-6(10(19)20)13-8(17)5-4-12-11-14(9(5)18)1-2-21-11/h1-2,4,6H,3H2,(H,13,17)(H,15,16)(H,19,20)/t6-/m1/s1. The minimum atomic E-state index is -1.63. The number of amides is 1. The largest absolute Gasteiger partial charge is 0.481 e. The van der Waals surface area contributed by atoms with E-state index >= 15 is 0 Å². The molecule has 2 rings (SSSR count). The zero-order valence-electron chi connectivity index (χ0n) is 10.3. The molecule has 2 aromatic rings. The van der Waals surface area contributed by atoms with Gasteiger partial charge >= 0.3 is 11.9 Å². The molecule has 0 saturated heterocycles. The molecule has 0 aliphatic heterocycles. The van der Waals surface area contributed by atoms with Crippen molar-refractivity contribution in [2.24, 2.45) is 0 Å². The fraction of sp³-hybridized carbons (Fsp3) is 0.182. The summed E-state index contributed by atoms with van der Waals surface area (Å²) >= 11 is 1.20. The topological polar surface area (TPSA) is 138 Å². The van der Waals surface area contributed by atoms with Gasteiger partial charge in [0.2, 0.25) is 0 Å². The van der Waals surface area contributed by atoms with Crippen LogP contribution in [-0.4, -0.2) is 43.5 Å². The van der Waals surface area contributed by atoms with E-state index in [9.17, 15) is 19.2 Å². The quantitative estimate of drug-likeness (QED) is 0.671. The van der Waals surface area contributed by atoms with Crippen molar-refractivity contribution in [1.82, 2.24) is 14.7 Å². The molecular formula is C11H9N3O6S. The van der Waals surface area contributed by atoms with Gasteiger partial charge in [-0.2, -0.15) is 0 Å². The second-order valence-electron chi connectivity index (χ2n) is 3.99. The van der Waals surface area contributed by atoms with E-state index in [1.54, 1.807) is 5.38 Å². The third kappa shape index (κ3) is 3.05. The molecule has 10 heteroatoms. The number of aromatic nitrogens is 2. The van der Waals surface area contributed by atoms with Crippen molar-refractivity contribution in [3.8, 4) is 0 Å². The fourth-order valence-corrected chi connectivity index (χ4v) is 2.27. The highest BCUT2D eigenvalue weighted by Crippen LogP contribution is 2.06. The maximum atomic E-state index is 12.0. The molecule has 1 amide bonds. The molecule has 2 heterocycles. The number of carboxylic acid groups (broad SMARTS) is 2. The van der Waals surface area contributed by atoms with E-state index in [1.807, 2.05) is 5.32 Å². The van der Waals surface area contributed by atoms with Crippen LogP contribution in [-0.2, 0) is 9.59 Å². The Labute approximate surface area is 120 Å². The summed E-state index contributed by atoms with van der Waals surface area (Å²) in [6.45, 7) is 0. The van der Waals surface area contributed by atoms with E-state index in [4.69, 9.17) is 10.2 Å². The Bertz CT molecular complexity index is 780. The SMILES string of the molecule is O=C(O)C[C@@H](NC(=O)c1cnc2sccn2c1=O)C(=O)O. The van der Waals surface area contributed by atoms with Crippen LogP contribution in [0.4, 0.5) is 0 Å². The smallest absolute Gasteiger partial charge is 0.326 e. The van der Waals surface area contributed by atoms with Crippen LogP contribution >= 0.6 is 11.3 Å². The van der Waals surface area contributed by atoms with Crippen molar-refractivity contribution in [3.63, 3.8) is 0 Å². The number of hydrogen-bond acceptors (Lipinski definition) is 6. The molecule has 0 fully saturated rings. The lowest BCUT2D eigenvalue weighted by Crippen LogP contribution is -2.44. The van der Waals surface area contributed by atoms with Gasteiger partial charge in [-0.25, -0.2) is 9.78 Å². The van der Waals surface area contributed by atoms with Crippen molar-refractivity contribution >= 4 is 34.1 Å². The van der Waals surface area contributed by atoms with Gasteiger partial charge in [-0.05, 0) is 0 Å². The highest BCUT2D eigenvalue weighted by molar-refractivity contribution is 7.15. The van der Waals surface area contributed by atoms with Crippen LogP contribution in [0, 0.1) is 0 Å². The Kier molecular flexibility index (Phi) is 3.98. The monoisotopic (exact) mass is 311 g/mol. The van der Waals surface area contributed by atoms with Gasteiger partial charge < -0.3 is 15.5 Å². The lowest BCUT2D eigenvalue weighted by molar-refractivity contribution is -0.145. The Balaban J connectivity index is 2.29. The molecule has 3 N–H and O–H groups in total. The Morgan fingerprint density at radius 3 is 2.71 bits per heavy atom. The van der Waals surface area contributed by atoms with E-state index < -0.39 is 35.9 Å². The van der Waals surface area contributed by atoms with Crippen molar-refractivity contribution in [3.05, 3.63) is 33.7 Å². The van der Waals surface area contributed by atoms with Crippen molar-refractivity contribution in [2.45, 2.75) is 12.5 Å². The number of carbonyl (C=O) groups is 3. The highest BCUT2D eigenvalue weighted by atomic mass is 32.1. The molecular weight excluding hydrogens is 302 g/mol.